The quantitative estimate of drug-likeness (QED) is 0.697. The second-order valence-corrected chi connectivity index (χ2v) is 5.30. The summed E-state index contributed by atoms with van der Waals surface area (Å²) in [6.07, 6.45) is 1.35. The van der Waals surface area contributed by atoms with E-state index in [1.165, 1.54) is 12.4 Å². The average Bonchev–Trinajstić information content (AvgIpc) is 2.58. The Morgan fingerprint density at radius 3 is 2.79 bits per heavy atom. The third-order valence-electron chi connectivity index (χ3n) is 3.62. The lowest BCUT2D eigenvalue weighted by Gasteiger charge is -2.13. The first kappa shape index (κ1) is 16.1. The maximum atomic E-state index is 13.8. The van der Waals surface area contributed by atoms with Crippen LogP contribution in [0.3, 0.4) is 0 Å². The largest absolute Gasteiger partial charge is 0.491 e. The third-order valence-corrected chi connectivity index (χ3v) is 3.62. The summed E-state index contributed by atoms with van der Waals surface area (Å²) in [5, 5.41) is 3.88. The monoisotopic (exact) mass is 327 g/mol. The van der Waals surface area contributed by atoms with Crippen LogP contribution < -0.4 is 10.1 Å². The zero-order valence-electron chi connectivity index (χ0n) is 13.5. The number of anilines is 2. The van der Waals surface area contributed by atoms with Crippen LogP contribution in [0, 0.1) is 12.7 Å². The SMILES string of the molecule is COCCOc1ccc(Nc2ncnc3c(F)cccc23)c(C)c1. The Kier molecular flexibility index (Phi) is 4.86. The van der Waals surface area contributed by atoms with Crippen molar-refractivity contribution in [1.82, 2.24) is 9.97 Å². The number of para-hydroxylation sites is 1. The molecule has 1 N–H and O–H groups in total. The van der Waals surface area contributed by atoms with Gasteiger partial charge in [0.15, 0.2) is 0 Å². The molecule has 3 rings (SSSR count). The molecule has 0 aliphatic carbocycles. The number of hydrogen-bond donors (Lipinski definition) is 1. The number of rotatable bonds is 6. The number of aromatic nitrogens is 2. The lowest BCUT2D eigenvalue weighted by molar-refractivity contribution is 0.146. The number of fused-ring (bicyclic) bond motifs is 1. The van der Waals surface area contributed by atoms with E-state index in [9.17, 15) is 4.39 Å². The first-order valence-corrected chi connectivity index (χ1v) is 7.57. The van der Waals surface area contributed by atoms with E-state index < -0.39 is 0 Å². The maximum Gasteiger partial charge on any atom is 0.149 e. The Morgan fingerprint density at radius 1 is 1.12 bits per heavy atom. The number of hydrogen-bond acceptors (Lipinski definition) is 5. The highest BCUT2D eigenvalue weighted by atomic mass is 19.1. The molecule has 0 saturated heterocycles. The molecule has 0 amide bonds. The van der Waals surface area contributed by atoms with Crippen LogP contribution in [0.4, 0.5) is 15.9 Å². The summed E-state index contributed by atoms with van der Waals surface area (Å²) in [6, 6.07) is 10.5. The second kappa shape index (κ2) is 7.23. The van der Waals surface area contributed by atoms with Gasteiger partial charge in [-0.1, -0.05) is 6.07 Å². The summed E-state index contributed by atoms with van der Waals surface area (Å²) in [4.78, 5) is 8.23. The van der Waals surface area contributed by atoms with E-state index in [0.717, 1.165) is 17.0 Å². The minimum atomic E-state index is -0.364. The molecule has 0 aliphatic heterocycles. The fraction of sp³-hybridized carbons (Fsp3) is 0.222. The number of ether oxygens (including phenoxy) is 2. The summed E-state index contributed by atoms with van der Waals surface area (Å²) in [5.41, 5.74) is 2.17. The Bertz CT molecular complexity index is 855. The smallest absolute Gasteiger partial charge is 0.149 e. The van der Waals surface area contributed by atoms with Crippen LogP contribution in [0.1, 0.15) is 5.56 Å². The maximum absolute atomic E-state index is 13.8. The predicted octanol–water partition coefficient (Wildman–Crippen LogP) is 3.85. The van der Waals surface area contributed by atoms with Gasteiger partial charge in [-0.3, -0.25) is 0 Å². The van der Waals surface area contributed by atoms with E-state index >= 15 is 0 Å². The van der Waals surface area contributed by atoms with Crippen molar-refractivity contribution in [2.45, 2.75) is 6.92 Å². The number of benzene rings is 2. The summed E-state index contributed by atoms with van der Waals surface area (Å²) < 4.78 is 24.4. The van der Waals surface area contributed by atoms with Gasteiger partial charge < -0.3 is 14.8 Å². The Labute approximate surface area is 139 Å². The Hall–Kier alpha value is -2.73. The zero-order valence-corrected chi connectivity index (χ0v) is 13.5. The zero-order chi connectivity index (χ0) is 16.9. The van der Waals surface area contributed by atoms with Gasteiger partial charge in [-0.25, -0.2) is 14.4 Å². The van der Waals surface area contributed by atoms with Crippen LogP contribution in [0.25, 0.3) is 10.9 Å². The molecule has 3 aromatic rings. The van der Waals surface area contributed by atoms with Gasteiger partial charge in [0.05, 0.1) is 6.61 Å². The third kappa shape index (κ3) is 3.44. The highest BCUT2D eigenvalue weighted by Crippen LogP contribution is 2.28. The first-order chi connectivity index (χ1) is 11.7. The van der Waals surface area contributed by atoms with Crippen molar-refractivity contribution in [3.63, 3.8) is 0 Å². The minimum absolute atomic E-state index is 0.298. The second-order valence-electron chi connectivity index (χ2n) is 5.30. The fourth-order valence-electron chi connectivity index (χ4n) is 2.39. The summed E-state index contributed by atoms with van der Waals surface area (Å²) in [5.74, 6) is 0.973. The molecule has 0 bridgehead atoms. The van der Waals surface area contributed by atoms with Crippen LogP contribution in [0.5, 0.6) is 5.75 Å². The lowest BCUT2D eigenvalue weighted by atomic mass is 10.1. The predicted molar refractivity (Wildman–Crippen MR) is 91.3 cm³/mol. The van der Waals surface area contributed by atoms with E-state index in [4.69, 9.17) is 9.47 Å². The van der Waals surface area contributed by atoms with Gasteiger partial charge in [-0.2, -0.15) is 0 Å². The molecular formula is C18H18FN3O2. The summed E-state index contributed by atoms with van der Waals surface area (Å²) in [6.45, 7) is 3.01. The van der Waals surface area contributed by atoms with Gasteiger partial charge in [-0.05, 0) is 42.8 Å². The van der Waals surface area contributed by atoms with Gasteiger partial charge in [-0.15, -0.1) is 0 Å². The molecule has 0 atom stereocenters. The van der Waals surface area contributed by atoms with Crippen LogP contribution in [0.15, 0.2) is 42.7 Å². The summed E-state index contributed by atoms with van der Waals surface area (Å²) >= 11 is 0. The van der Waals surface area contributed by atoms with Crippen molar-refractivity contribution in [2.24, 2.45) is 0 Å². The molecule has 0 saturated carbocycles. The van der Waals surface area contributed by atoms with E-state index in [1.807, 2.05) is 25.1 Å². The molecule has 24 heavy (non-hydrogen) atoms. The lowest BCUT2D eigenvalue weighted by Crippen LogP contribution is -2.04. The highest BCUT2D eigenvalue weighted by molar-refractivity contribution is 5.91. The van der Waals surface area contributed by atoms with Gasteiger partial charge in [0, 0.05) is 18.2 Å². The molecule has 2 aromatic carbocycles. The fourth-order valence-corrected chi connectivity index (χ4v) is 2.39. The van der Waals surface area contributed by atoms with Gasteiger partial charge >= 0.3 is 0 Å². The van der Waals surface area contributed by atoms with Crippen LogP contribution in [0.2, 0.25) is 0 Å². The van der Waals surface area contributed by atoms with Crippen LogP contribution in [-0.2, 0) is 4.74 Å². The van der Waals surface area contributed by atoms with E-state index in [-0.39, 0.29) is 5.82 Å². The van der Waals surface area contributed by atoms with Gasteiger partial charge in [0.25, 0.3) is 0 Å². The molecule has 6 heteroatoms. The van der Waals surface area contributed by atoms with Crippen molar-refractivity contribution in [2.75, 3.05) is 25.6 Å². The molecule has 0 radical (unpaired) electrons. The van der Waals surface area contributed by atoms with Crippen molar-refractivity contribution >= 4 is 22.4 Å². The van der Waals surface area contributed by atoms with Crippen molar-refractivity contribution < 1.29 is 13.9 Å². The standard InChI is InChI=1S/C18H18FN3O2/c1-12-10-13(24-9-8-23-2)6-7-16(12)22-18-14-4-3-5-15(19)17(14)20-11-21-18/h3-7,10-11H,8-9H2,1-2H3,(H,20,21,22). The first-order valence-electron chi connectivity index (χ1n) is 7.57. The van der Waals surface area contributed by atoms with Gasteiger partial charge in [0.2, 0.25) is 0 Å². The van der Waals surface area contributed by atoms with Crippen LogP contribution >= 0.6 is 0 Å². The molecule has 0 aliphatic rings. The van der Waals surface area contributed by atoms with Crippen molar-refractivity contribution in [1.29, 1.82) is 0 Å². The molecule has 124 valence electrons. The molecule has 0 unspecified atom stereocenters. The van der Waals surface area contributed by atoms with Crippen LogP contribution in [-0.4, -0.2) is 30.3 Å². The molecule has 0 fully saturated rings. The summed E-state index contributed by atoms with van der Waals surface area (Å²) in [7, 11) is 1.64. The Balaban J connectivity index is 1.85. The number of halogens is 1. The Morgan fingerprint density at radius 2 is 2.00 bits per heavy atom. The highest BCUT2D eigenvalue weighted by Gasteiger charge is 2.09. The van der Waals surface area contributed by atoms with Crippen molar-refractivity contribution in [3.05, 3.63) is 54.1 Å². The van der Waals surface area contributed by atoms with E-state index in [0.29, 0.717) is 29.9 Å². The molecule has 0 spiro atoms. The molecular weight excluding hydrogens is 309 g/mol. The number of aryl methyl sites for hydroxylation is 1. The van der Waals surface area contributed by atoms with Gasteiger partial charge in [0.1, 0.15) is 35.8 Å². The van der Waals surface area contributed by atoms with Crippen molar-refractivity contribution in [3.8, 4) is 5.75 Å². The minimum Gasteiger partial charge on any atom is -0.491 e. The number of methoxy groups -OCH3 is 1. The number of nitrogens with zero attached hydrogens (tertiary/aromatic N) is 2. The molecule has 5 nitrogen and oxygen atoms in total. The molecule has 1 aromatic heterocycles. The average molecular weight is 327 g/mol. The van der Waals surface area contributed by atoms with E-state index in [2.05, 4.69) is 15.3 Å². The normalized spacial score (nSPS) is 10.8. The van der Waals surface area contributed by atoms with E-state index in [1.54, 1.807) is 19.2 Å². The number of nitrogens with one attached hydrogen (secondary N) is 1. The molecule has 1 heterocycles. The topological polar surface area (TPSA) is 56.3 Å².